The molecule has 1 fully saturated rings. The minimum atomic E-state index is -3.88. The summed E-state index contributed by atoms with van der Waals surface area (Å²) in [6.07, 6.45) is -0.346. The first-order valence-electron chi connectivity index (χ1n) is 10.3. The summed E-state index contributed by atoms with van der Waals surface area (Å²) < 4.78 is 29.0. The van der Waals surface area contributed by atoms with Crippen molar-refractivity contribution in [2.45, 2.75) is 22.4 Å². The Morgan fingerprint density at radius 1 is 1.09 bits per heavy atom. The number of hydrogen-bond donors (Lipinski definition) is 2. The highest BCUT2D eigenvalue weighted by atomic mass is 32.2. The lowest BCUT2D eigenvalue weighted by atomic mass is 10.1. The Balaban J connectivity index is 1.60. The summed E-state index contributed by atoms with van der Waals surface area (Å²) in [7, 11) is -2.15. The maximum absolute atomic E-state index is 13.7. The summed E-state index contributed by atoms with van der Waals surface area (Å²) in [4.78, 5) is 13.2. The number of carboxylic acid groups (broad SMARTS) is 1. The number of nitrogens with one attached hydrogen (secondary N) is 1. The molecular formula is C23H22N4O4S. The summed E-state index contributed by atoms with van der Waals surface area (Å²) in [6.45, 7) is 1.21. The zero-order valence-corrected chi connectivity index (χ0v) is 18.2. The summed E-state index contributed by atoms with van der Waals surface area (Å²) in [5.41, 5.74) is 1.56. The molecule has 0 spiro atoms. The van der Waals surface area contributed by atoms with E-state index in [2.05, 4.69) is 15.3 Å². The molecule has 1 aliphatic rings. The van der Waals surface area contributed by atoms with Crippen molar-refractivity contribution in [3.05, 3.63) is 60.7 Å². The number of aromatic nitrogens is 2. The van der Waals surface area contributed by atoms with Gasteiger partial charge in [-0.2, -0.15) is 5.10 Å². The molecule has 1 aromatic heterocycles. The van der Waals surface area contributed by atoms with E-state index >= 15 is 0 Å². The van der Waals surface area contributed by atoms with Gasteiger partial charge in [0.25, 0.3) is 0 Å². The topological polar surface area (TPSA) is 105 Å². The molecule has 1 saturated heterocycles. The van der Waals surface area contributed by atoms with Crippen molar-refractivity contribution in [2.24, 2.45) is 7.05 Å². The number of benzene rings is 3. The van der Waals surface area contributed by atoms with Crippen LogP contribution in [0.5, 0.6) is 0 Å². The van der Waals surface area contributed by atoms with Crippen LogP contribution in [0.2, 0.25) is 0 Å². The smallest absolute Gasteiger partial charge is 0.404 e. The first kappa shape index (κ1) is 20.3. The second-order valence-electron chi connectivity index (χ2n) is 7.99. The Labute approximate surface area is 185 Å². The van der Waals surface area contributed by atoms with Crippen molar-refractivity contribution < 1.29 is 18.3 Å². The highest BCUT2D eigenvalue weighted by Crippen LogP contribution is 2.34. The molecule has 0 unspecified atom stereocenters. The number of hydrogen-bond acceptors (Lipinski definition) is 5. The fourth-order valence-electron chi connectivity index (χ4n) is 4.44. The highest BCUT2D eigenvalue weighted by molar-refractivity contribution is 7.91. The fraction of sp³-hybridized carbons (Fsp3) is 0.217. The van der Waals surface area contributed by atoms with Gasteiger partial charge in [-0.1, -0.05) is 36.4 Å². The molecule has 2 heterocycles. The standard InChI is InChI=1S/C23H22N4O4S/c1-26-20-10-9-17(27-12-11-16(14-27)24-23(28)29)13-19(20)22(25-26)32(30,31)21-8-4-6-15-5-2-3-7-18(15)21/h2-10,13,16,24H,11-12,14H2,1H3,(H,28,29)/t16-/m1/s1. The molecule has 0 radical (unpaired) electrons. The van der Waals surface area contributed by atoms with E-state index in [1.165, 1.54) is 0 Å². The lowest BCUT2D eigenvalue weighted by Crippen LogP contribution is -2.36. The highest BCUT2D eigenvalue weighted by Gasteiger charge is 2.28. The van der Waals surface area contributed by atoms with E-state index in [0.29, 0.717) is 35.8 Å². The minimum absolute atomic E-state index is 0.0209. The van der Waals surface area contributed by atoms with E-state index < -0.39 is 15.9 Å². The molecule has 0 bridgehead atoms. The molecule has 1 atom stereocenters. The Morgan fingerprint density at radius 2 is 1.88 bits per heavy atom. The van der Waals surface area contributed by atoms with Crippen LogP contribution in [0, 0.1) is 0 Å². The number of aryl methyl sites for hydroxylation is 1. The van der Waals surface area contributed by atoms with Gasteiger partial charge >= 0.3 is 6.09 Å². The van der Waals surface area contributed by atoms with E-state index in [1.807, 2.05) is 42.5 Å². The van der Waals surface area contributed by atoms with Gasteiger partial charge in [-0.15, -0.1) is 0 Å². The fourth-order valence-corrected chi connectivity index (χ4v) is 6.06. The van der Waals surface area contributed by atoms with Gasteiger partial charge in [-0.25, -0.2) is 13.2 Å². The maximum Gasteiger partial charge on any atom is 0.404 e. The second-order valence-corrected chi connectivity index (χ2v) is 9.83. The number of nitrogens with zero attached hydrogens (tertiary/aromatic N) is 3. The molecule has 3 aromatic carbocycles. The van der Waals surface area contributed by atoms with Gasteiger partial charge < -0.3 is 15.3 Å². The zero-order chi connectivity index (χ0) is 22.5. The quantitative estimate of drug-likeness (QED) is 0.494. The lowest BCUT2D eigenvalue weighted by Gasteiger charge is -2.19. The van der Waals surface area contributed by atoms with Crippen molar-refractivity contribution in [1.29, 1.82) is 0 Å². The van der Waals surface area contributed by atoms with Gasteiger partial charge in [-0.05, 0) is 36.1 Å². The molecular weight excluding hydrogens is 428 g/mol. The SMILES string of the molecule is Cn1nc(S(=O)(=O)c2cccc3ccccc23)c2cc(N3CC[C@@H](NC(=O)O)C3)ccc21. The summed E-state index contributed by atoms with van der Waals surface area (Å²) in [6, 6.07) is 18.1. The number of rotatable bonds is 4. The molecule has 164 valence electrons. The molecule has 32 heavy (non-hydrogen) atoms. The zero-order valence-electron chi connectivity index (χ0n) is 17.4. The van der Waals surface area contributed by atoms with Gasteiger partial charge in [0.05, 0.1) is 16.5 Å². The normalized spacial score (nSPS) is 16.7. The Hall–Kier alpha value is -3.59. The van der Waals surface area contributed by atoms with Gasteiger partial charge in [0.1, 0.15) is 0 Å². The van der Waals surface area contributed by atoms with Crippen LogP contribution < -0.4 is 10.2 Å². The van der Waals surface area contributed by atoms with Gasteiger partial charge in [-0.3, -0.25) is 4.68 Å². The van der Waals surface area contributed by atoms with Gasteiger partial charge in [0.15, 0.2) is 5.03 Å². The van der Waals surface area contributed by atoms with E-state index in [4.69, 9.17) is 5.11 Å². The summed E-state index contributed by atoms with van der Waals surface area (Å²) >= 11 is 0. The number of fused-ring (bicyclic) bond motifs is 2. The second kappa shape index (κ2) is 7.52. The molecule has 0 saturated carbocycles. The minimum Gasteiger partial charge on any atom is -0.465 e. The molecule has 8 nitrogen and oxygen atoms in total. The van der Waals surface area contributed by atoms with E-state index in [1.54, 1.807) is 29.9 Å². The monoisotopic (exact) mass is 450 g/mol. The van der Waals surface area contributed by atoms with Crippen LogP contribution in [-0.2, 0) is 16.9 Å². The number of amides is 1. The third-order valence-electron chi connectivity index (χ3n) is 5.97. The average molecular weight is 451 g/mol. The Bertz CT molecular complexity index is 1460. The van der Waals surface area contributed by atoms with Crippen molar-refractivity contribution >= 4 is 43.3 Å². The van der Waals surface area contributed by atoms with Crippen molar-refractivity contribution in [1.82, 2.24) is 15.1 Å². The Morgan fingerprint density at radius 3 is 2.69 bits per heavy atom. The van der Waals surface area contributed by atoms with Crippen LogP contribution in [0.15, 0.2) is 70.6 Å². The third-order valence-corrected chi connectivity index (χ3v) is 7.72. The third kappa shape index (κ3) is 3.34. The first-order chi connectivity index (χ1) is 15.3. The number of anilines is 1. The molecule has 5 rings (SSSR count). The van der Waals surface area contributed by atoms with Crippen LogP contribution in [0.4, 0.5) is 10.5 Å². The number of carbonyl (C=O) groups is 1. The predicted molar refractivity (Wildman–Crippen MR) is 122 cm³/mol. The molecule has 1 amide bonds. The van der Waals surface area contributed by atoms with Gasteiger partial charge in [0, 0.05) is 36.6 Å². The van der Waals surface area contributed by atoms with E-state index in [-0.39, 0.29) is 16.0 Å². The summed E-state index contributed by atoms with van der Waals surface area (Å²) in [5, 5.41) is 18.0. The van der Waals surface area contributed by atoms with Crippen molar-refractivity contribution in [3.8, 4) is 0 Å². The lowest BCUT2D eigenvalue weighted by molar-refractivity contribution is 0.191. The summed E-state index contributed by atoms with van der Waals surface area (Å²) in [5.74, 6) is 0. The molecule has 4 aromatic rings. The average Bonchev–Trinajstić information content (AvgIpc) is 3.37. The maximum atomic E-state index is 13.7. The molecule has 2 N–H and O–H groups in total. The Kier molecular flexibility index (Phi) is 4.78. The van der Waals surface area contributed by atoms with Crippen LogP contribution in [0.25, 0.3) is 21.7 Å². The van der Waals surface area contributed by atoms with Crippen molar-refractivity contribution in [3.63, 3.8) is 0 Å². The molecule has 0 aliphatic carbocycles. The van der Waals surface area contributed by atoms with Crippen LogP contribution in [0.1, 0.15) is 6.42 Å². The van der Waals surface area contributed by atoms with E-state index in [9.17, 15) is 13.2 Å². The van der Waals surface area contributed by atoms with Crippen LogP contribution in [0.3, 0.4) is 0 Å². The van der Waals surface area contributed by atoms with Crippen LogP contribution >= 0.6 is 0 Å². The molecule has 1 aliphatic heterocycles. The van der Waals surface area contributed by atoms with Crippen molar-refractivity contribution in [2.75, 3.05) is 18.0 Å². The van der Waals surface area contributed by atoms with E-state index in [0.717, 1.165) is 11.1 Å². The largest absolute Gasteiger partial charge is 0.465 e. The molecule has 9 heteroatoms. The number of sulfone groups is 1. The van der Waals surface area contributed by atoms with Crippen LogP contribution in [-0.4, -0.2) is 48.5 Å². The predicted octanol–water partition coefficient (Wildman–Crippen LogP) is 3.41. The van der Waals surface area contributed by atoms with Gasteiger partial charge in [0.2, 0.25) is 9.84 Å². The first-order valence-corrected chi connectivity index (χ1v) is 11.8.